The number of nitrogens with two attached hydrogens (primary N) is 1. The molecule has 0 aliphatic heterocycles. The SMILES string of the molecule is COC(=O)c1ccc(NC(=O)[C@H](C)N)cc1.Cl. The van der Waals surface area contributed by atoms with Gasteiger partial charge >= 0.3 is 5.97 Å². The Balaban J connectivity index is 0.00000256. The van der Waals surface area contributed by atoms with Gasteiger partial charge in [0.1, 0.15) is 0 Å². The van der Waals surface area contributed by atoms with E-state index in [0.717, 1.165) is 0 Å². The molecule has 0 unspecified atom stereocenters. The number of carbonyl (C=O) groups is 2. The highest BCUT2D eigenvalue weighted by atomic mass is 35.5. The molecule has 94 valence electrons. The van der Waals surface area contributed by atoms with Crippen molar-refractivity contribution in [1.82, 2.24) is 0 Å². The molecule has 1 aromatic rings. The van der Waals surface area contributed by atoms with Crippen LogP contribution in [-0.4, -0.2) is 25.0 Å². The molecule has 1 aromatic carbocycles. The Morgan fingerprint density at radius 1 is 1.29 bits per heavy atom. The summed E-state index contributed by atoms with van der Waals surface area (Å²) in [5, 5.41) is 2.61. The van der Waals surface area contributed by atoms with Crippen molar-refractivity contribution in [2.75, 3.05) is 12.4 Å². The van der Waals surface area contributed by atoms with Crippen molar-refractivity contribution in [3.8, 4) is 0 Å². The number of benzene rings is 1. The fourth-order valence-electron chi connectivity index (χ4n) is 1.06. The summed E-state index contributed by atoms with van der Waals surface area (Å²) in [5.41, 5.74) is 6.42. The van der Waals surface area contributed by atoms with Gasteiger partial charge in [-0.2, -0.15) is 0 Å². The molecule has 0 radical (unpaired) electrons. The Morgan fingerprint density at radius 2 is 1.82 bits per heavy atom. The molecule has 0 aliphatic carbocycles. The average molecular weight is 259 g/mol. The first kappa shape index (κ1) is 15.4. The van der Waals surface area contributed by atoms with Crippen LogP contribution in [0.3, 0.4) is 0 Å². The number of carbonyl (C=O) groups excluding carboxylic acids is 2. The summed E-state index contributed by atoms with van der Waals surface area (Å²) in [6, 6.07) is 5.81. The number of hydrogen-bond acceptors (Lipinski definition) is 4. The van der Waals surface area contributed by atoms with Gasteiger partial charge in [-0.15, -0.1) is 12.4 Å². The number of esters is 1. The van der Waals surface area contributed by atoms with Gasteiger partial charge in [0.25, 0.3) is 0 Å². The Labute approximate surface area is 106 Å². The van der Waals surface area contributed by atoms with Crippen LogP contribution in [0.5, 0.6) is 0 Å². The largest absolute Gasteiger partial charge is 0.465 e. The second-order valence-electron chi connectivity index (χ2n) is 3.35. The molecule has 1 atom stereocenters. The minimum Gasteiger partial charge on any atom is -0.465 e. The zero-order chi connectivity index (χ0) is 12.1. The minimum absolute atomic E-state index is 0. The number of ether oxygens (including phenoxy) is 1. The number of methoxy groups -OCH3 is 1. The van der Waals surface area contributed by atoms with Crippen LogP contribution >= 0.6 is 12.4 Å². The normalized spacial score (nSPS) is 11.0. The number of halogens is 1. The van der Waals surface area contributed by atoms with Gasteiger partial charge in [0.15, 0.2) is 0 Å². The van der Waals surface area contributed by atoms with E-state index in [1.807, 2.05) is 0 Å². The van der Waals surface area contributed by atoms with E-state index in [1.165, 1.54) is 7.11 Å². The predicted molar refractivity (Wildman–Crippen MR) is 67.3 cm³/mol. The molecule has 5 nitrogen and oxygen atoms in total. The standard InChI is InChI=1S/C11H14N2O3.ClH/c1-7(12)10(14)13-9-5-3-8(4-6-9)11(15)16-2;/h3-7H,12H2,1-2H3,(H,13,14);1H/t7-;/m0./s1. The number of rotatable bonds is 3. The summed E-state index contributed by atoms with van der Waals surface area (Å²) in [6.45, 7) is 1.60. The van der Waals surface area contributed by atoms with Gasteiger partial charge < -0.3 is 15.8 Å². The van der Waals surface area contributed by atoms with Crippen molar-refractivity contribution in [3.05, 3.63) is 29.8 Å². The number of amides is 1. The third-order valence-corrected chi connectivity index (χ3v) is 1.99. The number of anilines is 1. The molecule has 0 heterocycles. The second-order valence-corrected chi connectivity index (χ2v) is 3.35. The Morgan fingerprint density at radius 3 is 2.24 bits per heavy atom. The van der Waals surface area contributed by atoms with E-state index in [0.29, 0.717) is 11.3 Å². The van der Waals surface area contributed by atoms with Crippen molar-refractivity contribution in [3.63, 3.8) is 0 Å². The highest BCUT2D eigenvalue weighted by Gasteiger charge is 2.08. The molecule has 17 heavy (non-hydrogen) atoms. The van der Waals surface area contributed by atoms with Crippen molar-refractivity contribution in [1.29, 1.82) is 0 Å². The average Bonchev–Trinajstić information content (AvgIpc) is 2.28. The summed E-state index contributed by atoms with van der Waals surface area (Å²) in [7, 11) is 1.31. The van der Waals surface area contributed by atoms with Crippen LogP contribution in [0.25, 0.3) is 0 Å². The summed E-state index contributed by atoms with van der Waals surface area (Å²) < 4.78 is 4.55. The summed E-state index contributed by atoms with van der Waals surface area (Å²) in [5.74, 6) is -0.684. The molecule has 0 spiro atoms. The maximum Gasteiger partial charge on any atom is 0.337 e. The van der Waals surface area contributed by atoms with Crippen LogP contribution in [0.4, 0.5) is 5.69 Å². The fraction of sp³-hybridized carbons (Fsp3) is 0.273. The first-order valence-electron chi connectivity index (χ1n) is 4.79. The quantitative estimate of drug-likeness (QED) is 0.798. The Bertz CT molecular complexity index is 390. The smallest absolute Gasteiger partial charge is 0.337 e. The maximum atomic E-state index is 11.3. The maximum absolute atomic E-state index is 11.3. The van der Waals surface area contributed by atoms with Gasteiger partial charge in [0.2, 0.25) is 5.91 Å². The highest BCUT2D eigenvalue weighted by Crippen LogP contribution is 2.10. The molecule has 0 bridgehead atoms. The Hall–Kier alpha value is -1.59. The lowest BCUT2D eigenvalue weighted by atomic mass is 10.2. The van der Waals surface area contributed by atoms with E-state index in [9.17, 15) is 9.59 Å². The lowest BCUT2D eigenvalue weighted by Crippen LogP contribution is -2.32. The zero-order valence-electron chi connectivity index (χ0n) is 9.60. The van der Waals surface area contributed by atoms with E-state index in [-0.39, 0.29) is 18.3 Å². The third kappa shape index (κ3) is 4.42. The van der Waals surface area contributed by atoms with E-state index in [4.69, 9.17) is 5.73 Å². The topological polar surface area (TPSA) is 81.4 Å². The molecular formula is C11H15ClN2O3. The first-order valence-corrected chi connectivity index (χ1v) is 4.79. The fourth-order valence-corrected chi connectivity index (χ4v) is 1.06. The van der Waals surface area contributed by atoms with Gasteiger partial charge in [-0.25, -0.2) is 4.79 Å². The van der Waals surface area contributed by atoms with Crippen LogP contribution in [0, 0.1) is 0 Å². The van der Waals surface area contributed by atoms with Gasteiger partial charge in [-0.05, 0) is 31.2 Å². The van der Waals surface area contributed by atoms with Gasteiger partial charge in [-0.1, -0.05) is 0 Å². The lowest BCUT2D eigenvalue weighted by molar-refractivity contribution is -0.117. The molecule has 1 rings (SSSR count). The molecule has 0 fully saturated rings. The second kappa shape index (κ2) is 6.88. The van der Waals surface area contributed by atoms with Crippen LogP contribution in [0.15, 0.2) is 24.3 Å². The van der Waals surface area contributed by atoms with Crippen molar-refractivity contribution >= 4 is 30.0 Å². The first-order chi connectivity index (χ1) is 7.54. The van der Waals surface area contributed by atoms with Gasteiger partial charge in [-0.3, -0.25) is 4.79 Å². The van der Waals surface area contributed by atoms with Crippen LogP contribution < -0.4 is 11.1 Å². The van der Waals surface area contributed by atoms with E-state index < -0.39 is 12.0 Å². The van der Waals surface area contributed by atoms with Gasteiger partial charge in [0, 0.05) is 5.69 Å². The highest BCUT2D eigenvalue weighted by molar-refractivity contribution is 5.95. The lowest BCUT2D eigenvalue weighted by Gasteiger charge is -2.07. The number of nitrogens with one attached hydrogen (secondary N) is 1. The molecule has 3 N–H and O–H groups in total. The van der Waals surface area contributed by atoms with Gasteiger partial charge in [0.05, 0.1) is 18.7 Å². The molecule has 0 aromatic heterocycles. The predicted octanol–water partition coefficient (Wildman–Crippen LogP) is 1.18. The molecule has 0 saturated carbocycles. The van der Waals surface area contributed by atoms with Crippen molar-refractivity contribution in [2.24, 2.45) is 5.73 Å². The summed E-state index contributed by atoms with van der Waals surface area (Å²) >= 11 is 0. The van der Waals surface area contributed by atoms with E-state index >= 15 is 0 Å². The zero-order valence-corrected chi connectivity index (χ0v) is 10.4. The minimum atomic E-state index is -0.569. The summed E-state index contributed by atoms with van der Waals surface area (Å²) in [4.78, 5) is 22.4. The molecular weight excluding hydrogens is 244 g/mol. The third-order valence-electron chi connectivity index (χ3n) is 1.99. The van der Waals surface area contributed by atoms with Crippen molar-refractivity contribution < 1.29 is 14.3 Å². The summed E-state index contributed by atoms with van der Waals surface area (Å²) in [6.07, 6.45) is 0. The Kier molecular flexibility index (Phi) is 6.23. The monoisotopic (exact) mass is 258 g/mol. The molecule has 0 aliphatic rings. The number of hydrogen-bond donors (Lipinski definition) is 2. The van der Waals surface area contributed by atoms with Crippen LogP contribution in [0.1, 0.15) is 17.3 Å². The van der Waals surface area contributed by atoms with Crippen LogP contribution in [0.2, 0.25) is 0 Å². The molecule has 0 saturated heterocycles. The van der Waals surface area contributed by atoms with Crippen LogP contribution in [-0.2, 0) is 9.53 Å². The molecule has 6 heteroatoms. The molecule has 1 amide bonds. The van der Waals surface area contributed by atoms with E-state index in [1.54, 1.807) is 31.2 Å². The van der Waals surface area contributed by atoms with Crippen molar-refractivity contribution in [2.45, 2.75) is 13.0 Å². The van der Waals surface area contributed by atoms with E-state index in [2.05, 4.69) is 10.1 Å².